The van der Waals surface area contributed by atoms with E-state index < -0.39 is 16.4 Å². The molecule has 0 aliphatic heterocycles. The number of benzene rings is 2. The number of carbonyl (C=O) groups excluding carboxylic acids is 1. The van der Waals surface area contributed by atoms with E-state index in [4.69, 9.17) is 0 Å². The first-order valence-corrected chi connectivity index (χ1v) is 7.69. The number of aryl methyl sites for hydroxylation is 1. The molecule has 0 unspecified atom stereocenters. The summed E-state index contributed by atoms with van der Waals surface area (Å²) in [6, 6.07) is 11.1. The molecule has 0 saturated heterocycles. The quantitative estimate of drug-likeness (QED) is 0.413. The van der Waals surface area contributed by atoms with Gasteiger partial charge in [-0.15, -0.1) is 5.11 Å². The molecule has 0 aliphatic carbocycles. The average molecular weight is 367 g/mol. The van der Waals surface area contributed by atoms with Crippen LogP contribution in [0.15, 0.2) is 63.6 Å². The minimum absolute atomic E-state index is 0.0419. The number of nitrogens with one attached hydrogen (secondary N) is 1. The van der Waals surface area contributed by atoms with E-state index >= 15 is 0 Å². The Bertz CT molecular complexity index is 1110. The normalized spacial score (nSPS) is 11.0. The highest BCUT2D eigenvalue weighted by molar-refractivity contribution is 5.98. The minimum atomic E-state index is -0.738. The lowest BCUT2D eigenvalue weighted by molar-refractivity contribution is -0.384. The van der Waals surface area contributed by atoms with Gasteiger partial charge in [-0.1, -0.05) is 12.1 Å². The van der Waals surface area contributed by atoms with E-state index in [1.54, 1.807) is 19.1 Å². The van der Waals surface area contributed by atoms with Gasteiger partial charge < -0.3 is 5.11 Å². The number of azo groups is 1. The van der Waals surface area contributed by atoms with Crippen LogP contribution in [0, 0.1) is 17.0 Å². The molecule has 0 spiro atoms. The first-order valence-electron chi connectivity index (χ1n) is 7.69. The molecule has 0 aliphatic rings. The molecule has 136 valence electrons. The number of non-ortho nitro benzene ring substituents is 1. The van der Waals surface area contributed by atoms with Crippen LogP contribution < -0.4 is 5.56 Å². The van der Waals surface area contributed by atoms with Crippen molar-refractivity contribution in [3.8, 4) is 5.75 Å². The van der Waals surface area contributed by atoms with Gasteiger partial charge in [0.2, 0.25) is 0 Å². The molecule has 3 aromatic rings. The van der Waals surface area contributed by atoms with Crippen LogP contribution in [0.25, 0.3) is 0 Å². The van der Waals surface area contributed by atoms with Crippen LogP contribution in [0.5, 0.6) is 5.75 Å². The van der Waals surface area contributed by atoms with Crippen LogP contribution in [0.3, 0.4) is 0 Å². The average Bonchev–Trinajstić information content (AvgIpc) is 2.94. The van der Waals surface area contributed by atoms with Crippen LogP contribution in [0.1, 0.15) is 16.1 Å². The molecular weight excluding hydrogens is 354 g/mol. The number of nitro groups is 1. The van der Waals surface area contributed by atoms with Crippen molar-refractivity contribution >= 4 is 23.0 Å². The maximum absolute atomic E-state index is 12.5. The Morgan fingerprint density at radius 1 is 1.15 bits per heavy atom. The predicted molar refractivity (Wildman–Crippen MR) is 94.9 cm³/mol. The zero-order chi connectivity index (χ0) is 19.6. The van der Waals surface area contributed by atoms with Gasteiger partial charge in [-0.05, 0) is 31.2 Å². The molecule has 0 atom stereocenters. The zero-order valence-electron chi connectivity index (χ0n) is 14.0. The number of nitro benzene ring substituents is 1. The molecule has 3 rings (SSSR count). The number of carbonyl (C=O) groups is 1. The number of aromatic hydroxyl groups is 1. The summed E-state index contributed by atoms with van der Waals surface area (Å²) in [4.78, 5) is 35.0. The Morgan fingerprint density at radius 2 is 1.81 bits per heavy atom. The fourth-order valence-corrected chi connectivity index (χ4v) is 2.32. The number of H-pyrrole nitrogens is 1. The first-order chi connectivity index (χ1) is 12.9. The fourth-order valence-electron chi connectivity index (χ4n) is 2.32. The number of phenolic OH excluding ortho intramolecular Hbond substituents is 1. The molecule has 1 aromatic heterocycles. The van der Waals surface area contributed by atoms with Gasteiger partial charge in [0.1, 0.15) is 5.75 Å². The Hall–Kier alpha value is -4.08. The summed E-state index contributed by atoms with van der Waals surface area (Å²) in [6.45, 7) is 1.54. The van der Waals surface area contributed by atoms with Gasteiger partial charge in [0.15, 0.2) is 5.69 Å². The van der Waals surface area contributed by atoms with Crippen molar-refractivity contribution in [3.63, 3.8) is 0 Å². The highest BCUT2D eigenvalue weighted by Crippen LogP contribution is 2.22. The van der Waals surface area contributed by atoms with E-state index in [-0.39, 0.29) is 22.7 Å². The van der Waals surface area contributed by atoms with Gasteiger partial charge in [-0.3, -0.25) is 24.8 Å². The lowest BCUT2D eigenvalue weighted by Crippen LogP contribution is -2.25. The van der Waals surface area contributed by atoms with Crippen molar-refractivity contribution in [2.75, 3.05) is 0 Å². The smallest absolute Gasteiger partial charge is 0.302 e. The molecule has 2 N–H and O–H groups in total. The molecule has 0 amide bonds. The van der Waals surface area contributed by atoms with Crippen molar-refractivity contribution in [3.05, 3.63) is 80.3 Å². The summed E-state index contributed by atoms with van der Waals surface area (Å²) in [5, 5.41) is 30.7. The third kappa shape index (κ3) is 3.49. The van der Waals surface area contributed by atoms with Gasteiger partial charge in [0, 0.05) is 12.1 Å². The van der Waals surface area contributed by atoms with E-state index in [1.807, 2.05) is 0 Å². The summed E-state index contributed by atoms with van der Waals surface area (Å²) in [5.41, 5.74) is -0.348. The molecule has 0 fully saturated rings. The van der Waals surface area contributed by atoms with Crippen molar-refractivity contribution in [2.24, 2.45) is 10.2 Å². The van der Waals surface area contributed by atoms with E-state index in [0.29, 0.717) is 11.4 Å². The molecule has 1 heterocycles. The second-order valence-electron chi connectivity index (χ2n) is 5.52. The summed E-state index contributed by atoms with van der Waals surface area (Å²) >= 11 is 0. The Balaban J connectivity index is 1.92. The van der Waals surface area contributed by atoms with Crippen LogP contribution in [-0.4, -0.2) is 25.7 Å². The highest BCUT2D eigenvalue weighted by Gasteiger charge is 2.19. The number of phenols is 1. The molecule has 0 bridgehead atoms. The van der Waals surface area contributed by atoms with E-state index in [9.17, 15) is 24.8 Å². The van der Waals surface area contributed by atoms with Gasteiger partial charge in [0.05, 0.1) is 21.9 Å². The van der Waals surface area contributed by atoms with Gasteiger partial charge in [-0.25, -0.2) is 0 Å². The molecule has 10 heteroatoms. The summed E-state index contributed by atoms with van der Waals surface area (Å²) in [7, 11) is 0. The molecular formula is C17H13N5O5. The SMILES string of the molecule is Cc1[nH]n(C(=O)c2ccccc2O)c(=O)c1N=Nc1ccc([N+](=O)[O-])cc1. The largest absolute Gasteiger partial charge is 0.507 e. The fraction of sp³-hybridized carbons (Fsp3) is 0.0588. The van der Waals surface area contributed by atoms with Crippen molar-refractivity contribution in [1.29, 1.82) is 0 Å². The van der Waals surface area contributed by atoms with Gasteiger partial charge in [0.25, 0.3) is 11.6 Å². The van der Waals surface area contributed by atoms with E-state index in [1.165, 1.54) is 36.4 Å². The van der Waals surface area contributed by atoms with Crippen LogP contribution in [-0.2, 0) is 0 Å². The van der Waals surface area contributed by atoms with Gasteiger partial charge in [-0.2, -0.15) is 9.80 Å². The molecule has 2 aromatic carbocycles. The predicted octanol–water partition coefficient (Wildman–Crippen LogP) is 3.20. The Morgan fingerprint density at radius 3 is 2.44 bits per heavy atom. The number of hydrogen-bond acceptors (Lipinski definition) is 7. The number of rotatable bonds is 4. The summed E-state index contributed by atoms with van der Waals surface area (Å²) < 4.78 is 0.731. The van der Waals surface area contributed by atoms with E-state index in [2.05, 4.69) is 15.3 Å². The summed E-state index contributed by atoms with van der Waals surface area (Å²) in [6.07, 6.45) is 0. The van der Waals surface area contributed by atoms with Crippen LogP contribution >= 0.6 is 0 Å². The van der Waals surface area contributed by atoms with Crippen molar-refractivity contribution < 1.29 is 14.8 Å². The standard InChI is InChI=1S/C17H13N5O5/c1-10-15(19-18-11-6-8-12(9-7-11)22(26)27)17(25)21(20-10)16(24)13-4-2-3-5-14(13)23/h2-9,20,23H,1H3. The first kappa shape index (κ1) is 17.7. The van der Waals surface area contributed by atoms with Crippen molar-refractivity contribution in [1.82, 2.24) is 9.78 Å². The minimum Gasteiger partial charge on any atom is -0.507 e. The number of aromatic nitrogens is 2. The second-order valence-corrected chi connectivity index (χ2v) is 5.52. The van der Waals surface area contributed by atoms with Crippen LogP contribution in [0.4, 0.5) is 17.1 Å². The van der Waals surface area contributed by atoms with Gasteiger partial charge >= 0.3 is 5.56 Å². The lowest BCUT2D eigenvalue weighted by atomic mass is 10.2. The number of aromatic amines is 1. The monoisotopic (exact) mass is 367 g/mol. The molecule has 0 radical (unpaired) electrons. The summed E-state index contributed by atoms with van der Waals surface area (Å²) in [5.74, 6) is -0.992. The number of nitrogens with zero attached hydrogens (tertiary/aromatic N) is 4. The number of para-hydroxylation sites is 1. The topological polar surface area (TPSA) is 143 Å². The molecule has 10 nitrogen and oxygen atoms in total. The maximum Gasteiger partial charge on any atom is 0.302 e. The van der Waals surface area contributed by atoms with Crippen LogP contribution in [0.2, 0.25) is 0 Å². The number of hydrogen-bond donors (Lipinski definition) is 2. The zero-order valence-corrected chi connectivity index (χ0v) is 14.0. The van der Waals surface area contributed by atoms with E-state index in [0.717, 1.165) is 4.68 Å². The maximum atomic E-state index is 12.5. The second kappa shape index (κ2) is 7.04. The molecule has 27 heavy (non-hydrogen) atoms. The van der Waals surface area contributed by atoms with Crippen molar-refractivity contribution in [2.45, 2.75) is 6.92 Å². The Labute approximate surface area is 151 Å². The third-order valence-corrected chi connectivity index (χ3v) is 3.70. The molecule has 0 saturated carbocycles. The Kier molecular flexibility index (Phi) is 4.62. The highest BCUT2D eigenvalue weighted by atomic mass is 16.6. The third-order valence-electron chi connectivity index (χ3n) is 3.70. The lowest BCUT2D eigenvalue weighted by Gasteiger charge is -2.02.